The minimum atomic E-state index is -0.559. The van der Waals surface area contributed by atoms with Gasteiger partial charge in [0.2, 0.25) is 23.1 Å². The minimum Gasteiger partial charge on any atom is -0.357 e. The molecule has 0 bridgehead atoms. The SMILES string of the molecule is [NH3+]CCC1=CC(=O)C(=O)C=C1Nc1ccc(NC2=CC(=O)C(=O)C=C2CC[NH3+])cc1. The molecular formula is C22H24N4O4+2. The van der Waals surface area contributed by atoms with E-state index in [1.807, 2.05) is 24.3 Å². The molecule has 0 amide bonds. The quantitative estimate of drug-likeness (QED) is 0.343. The Morgan fingerprint density at radius 3 is 1.23 bits per heavy atom. The maximum atomic E-state index is 11.8. The van der Waals surface area contributed by atoms with Crippen LogP contribution in [0.1, 0.15) is 12.8 Å². The van der Waals surface area contributed by atoms with E-state index in [4.69, 9.17) is 0 Å². The Kier molecular flexibility index (Phi) is 6.51. The smallest absolute Gasteiger partial charge is 0.227 e. The third-order valence-corrected chi connectivity index (χ3v) is 4.67. The molecule has 0 aliphatic heterocycles. The number of hydrogen-bond acceptors (Lipinski definition) is 6. The van der Waals surface area contributed by atoms with Crippen LogP contribution in [0, 0.1) is 0 Å². The molecular weight excluding hydrogens is 384 g/mol. The fourth-order valence-corrected chi connectivity index (χ4v) is 3.18. The zero-order valence-corrected chi connectivity index (χ0v) is 16.5. The van der Waals surface area contributed by atoms with Crippen molar-refractivity contribution >= 4 is 34.5 Å². The lowest BCUT2D eigenvalue weighted by atomic mass is 9.98. The molecule has 0 spiro atoms. The van der Waals surface area contributed by atoms with Gasteiger partial charge in [0.25, 0.3) is 0 Å². The topological polar surface area (TPSA) is 148 Å². The Bertz CT molecular complexity index is 947. The largest absolute Gasteiger partial charge is 0.357 e. The van der Waals surface area contributed by atoms with Crippen LogP contribution in [0.3, 0.4) is 0 Å². The van der Waals surface area contributed by atoms with E-state index in [-0.39, 0.29) is 0 Å². The van der Waals surface area contributed by atoms with Crippen molar-refractivity contribution in [2.75, 3.05) is 23.7 Å². The zero-order valence-electron chi connectivity index (χ0n) is 16.5. The Morgan fingerprint density at radius 2 is 0.900 bits per heavy atom. The second-order valence-electron chi connectivity index (χ2n) is 6.95. The summed E-state index contributed by atoms with van der Waals surface area (Å²) in [6.07, 6.45) is 6.50. The third kappa shape index (κ3) is 4.86. The number of carbonyl (C=O) groups excluding carboxylic acids is 4. The van der Waals surface area contributed by atoms with Crippen LogP contribution in [0.5, 0.6) is 0 Å². The summed E-state index contributed by atoms with van der Waals surface area (Å²) >= 11 is 0. The van der Waals surface area contributed by atoms with Gasteiger partial charge in [-0.25, -0.2) is 0 Å². The Balaban J connectivity index is 1.74. The van der Waals surface area contributed by atoms with Crippen molar-refractivity contribution in [1.82, 2.24) is 0 Å². The number of anilines is 2. The van der Waals surface area contributed by atoms with Gasteiger partial charge in [0.15, 0.2) is 0 Å². The van der Waals surface area contributed by atoms with Crippen LogP contribution >= 0.6 is 0 Å². The highest BCUT2D eigenvalue weighted by molar-refractivity contribution is 6.47. The molecule has 8 heteroatoms. The number of quaternary nitrogens is 2. The van der Waals surface area contributed by atoms with Gasteiger partial charge in [-0.05, 0) is 47.6 Å². The van der Waals surface area contributed by atoms with Crippen LogP contribution < -0.4 is 22.1 Å². The number of allylic oxidation sites excluding steroid dienone is 6. The molecule has 1 aromatic rings. The molecule has 0 saturated heterocycles. The lowest BCUT2D eigenvalue weighted by molar-refractivity contribution is -0.366. The van der Waals surface area contributed by atoms with E-state index < -0.39 is 23.1 Å². The number of nitrogens with one attached hydrogen (secondary N) is 2. The molecule has 3 rings (SSSR count). The molecule has 0 aromatic heterocycles. The number of benzene rings is 1. The zero-order chi connectivity index (χ0) is 21.7. The number of rotatable bonds is 8. The van der Waals surface area contributed by atoms with Gasteiger partial charge in [0.1, 0.15) is 0 Å². The standard InChI is InChI=1S/C22H22N4O4/c23-7-5-13-9-19(27)21(29)11-17(13)25-15-1-2-16(4-3-15)26-18-12-22(30)20(28)10-14(18)6-8-24/h1-4,9-12,25-26H,5-8,23-24H2/p+2. The van der Waals surface area contributed by atoms with Crippen molar-refractivity contribution in [2.24, 2.45) is 0 Å². The van der Waals surface area contributed by atoms with Crippen molar-refractivity contribution < 1.29 is 30.6 Å². The second-order valence-corrected chi connectivity index (χ2v) is 6.95. The fourth-order valence-electron chi connectivity index (χ4n) is 3.18. The molecule has 0 radical (unpaired) electrons. The second kappa shape index (κ2) is 9.25. The minimum absolute atomic E-state index is 0.525. The number of carbonyl (C=O) groups is 4. The van der Waals surface area contributed by atoms with Crippen LogP contribution in [0.2, 0.25) is 0 Å². The van der Waals surface area contributed by atoms with Crippen LogP contribution in [-0.4, -0.2) is 36.2 Å². The summed E-state index contributed by atoms with van der Waals surface area (Å²) in [6.45, 7) is 1.21. The molecule has 8 N–H and O–H groups in total. The Morgan fingerprint density at radius 1 is 0.567 bits per heavy atom. The molecule has 8 nitrogen and oxygen atoms in total. The summed E-state index contributed by atoms with van der Waals surface area (Å²) in [6, 6.07) is 7.25. The predicted molar refractivity (Wildman–Crippen MR) is 111 cm³/mol. The van der Waals surface area contributed by atoms with E-state index in [0.29, 0.717) is 37.3 Å². The van der Waals surface area contributed by atoms with Gasteiger partial charge in [-0.2, -0.15) is 0 Å². The van der Waals surface area contributed by atoms with Gasteiger partial charge in [0.05, 0.1) is 13.1 Å². The average Bonchev–Trinajstić information content (AvgIpc) is 2.71. The predicted octanol–water partition coefficient (Wildman–Crippen LogP) is -0.301. The van der Waals surface area contributed by atoms with E-state index in [1.54, 1.807) is 0 Å². The molecule has 30 heavy (non-hydrogen) atoms. The van der Waals surface area contributed by atoms with Crippen molar-refractivity contribution in [3.8, 4) is 0 Å². The van der Waals surface area contributed by atoms with Crippen LogP contribution in [-0.2, 0) is 19.2 Å². The van der Waals surface area contributed by atoms with Crippen LogP contribution in [0.4, 0.5) is 11.4 Å². The first-order valence-corrected chi connectivity index (χ1v) is 9.65. The van der Waals surface area contributed by atoms with E-state index >= 15 is 0 Å². The molecule has 0 saturated carbocycles. The van der Waals surface area contributed by atoms with Crippen molar-refractivity contribution in [1.29, 1.82) is 0 Å². The first-order chi connectivity index (χ1) is 14.4. The highest BCUT2D eigenvalue weighted by Crippen LogP contribution is 2.25. The molecule has 1 aromatic carbocycles. The fraction of sp³-hybridized carbons (Fsp3) is 0.182. The maximum absolute atomic E-state index is 11.8. The van der Waals surface area contributed by atoms with Gasteiger partial charge in [-0.3, -0.25) is 19.2 Å². The lowest BCUT2D eigenvalue weighted by Gasteiger charge is -2.18. The van der Waals surface area contributed by atoms with Gasteiger partial charge < -0.3 is 22.1 Å². The van der Waals surface area contributed by atoms with Crippen molar-refractivity contribution in [3.05, 3.63) is 71.1 Å². The van der Waals surface area contributed by atoms with E-state index in [2.05, 4.69) is 22.1 Å². The summed E-state index contributed by atoms with van der Waals surface area (Å²) < 4.78 is 0. The monoisotopic (exact) mass is 408 g/mol. The van der Waals surface area contributed by atoms with Gasteiger partial charge in [0, 0.05) is 47.8 Å². The summed E-state index contributed by atoms with van der Waals surface area (Å²) in [5.74, 6) is -2.17. The highest BCUT2D eigenvalue weighted by atomic mass is 16.2. The van der Waals surface area contributed by atoms with Crippen molar-refractivity contribution in [2.45, 2.75) is 12.8 Å². The Labute approximate surface area is 173 Å². The molecule has 0 unspecified atom stereocenters. The van der Waals surface area contributed by atoms with Crippen molar-refractivity contribution in [3.63, 3.8) is 0 Å². The molecule has 2 aliphatic carbocycles. The number of hydrogen-bond donors (Lipinski definition) is 4. The molecule has 154 valence electrons. The van der Waals surface area contributed by atoms with Gasteiger partial charge >= 0.3 is 0 Å². The van der Waals surface area contributed by atoms with E-state index in [0.717, 1.165) is 22.5 Å². The van der Waals surface area contributed by atoms with Gasteiger partial charge in [-0.15, -0.1) is 0 Å². The third-order valence-electron chi connectivity index (χ3n) is 4.67. The lowest BCUT2D eigenvalue weighted by Crippen LogP contribution is -2.50. The Hall–Kier alpha value is -3.62. The van der Waals surface area contributed by atoms with Crippen LogP contribution in [0.25, 0.3) is 0 Å². The summed E-state index contributed by atoms with van der Waals surface area (Å²) in [5.41, 5.74) is 11.7. The average molecular weight is 408 g/mol. The normalized spacial score (nSPS) is 16.6. The highest BCUT2D eigenvalue weighted by Gasteiger charge is 2.21. The molecule has 0 fully saturated rings. The van der Waals surface area contributed by atoms with Gasteiger partial charge in [-0.1, -0.05) is 0 Å². The summed E-state index contributed by atoms with van der Waals surface area (Å²) in [7, 11) is 0. The molecule has 0 heterocycles. The first-order valence-electron chi connectivity index (χ1n) is 9.65. The maximum Gasteiger partial charge on any atom is 0.227 e. The molecule has 2 aliphatic rings. The van der Waals surface area contributed by atoms with E-state index in [9.17, 15) is 19.2 Å². The number of ketones is 4. The molecule has 0 atom stereocenters. The first kappa shape index (κ1) is 21.1. The summed E-state index contributed by atoms with van der Waals surface area (Å²) in [4.78, 5) is 46.8. The summed E-state index contributed by atoms with van der Waals surface area (Å²) in [5, 5.41) is 6.34. The van der Waals surface area contributed by atoms with E-state index in [1.165, 1.54) is 24.3 Å². The van der Waals surface area contributed by atoms with Crippen LogP contribution in [0.15, 0.2) is 71.1 Å².